The molecule has 1 heterocycles. The summed E-state index contributed by atoms with van der Waals surface area (Å²) in [6.45, 7) is 0.321. The molecule has 2 aromatic carbocycles. The summed E-state index contributed by atoms with van der Waals surface area (Å²) in [4.78, 5) is 16.7. The molecule has 4 N–H and O–H groups in total. The van der Waals surface area contributed by atoms with Gasteiger partial charge in [0, 0.05) is 12.7 Å². The zero-order valence-corrected chi connectivity index (χ0v) is 16.1. The number of sulfonamides is 1. The number of carbonyl (C=O) groups is 1. The predicted octanol–water partition coefficient (Wildman–Crippen LogP) is 2.58. The number of aromatic nitrogens is 1. The molecule has 1 amide bonds. The Labute approximate surface area is 167 Å². The topological polar surface area (TPSA) is 114 Å². The molecule has 9 heteroatoms. The lowest BCUT2D eigenvalue weighted by molar-refractivity contribution is 0.0954. The van der Waals surface area contributed by atoms with Crippen molar-refractivity contribution in [3.05, 3.63) is 83.8 Å². The van der Waals surface area contributed by atoms with Gasteiger partial charge in [-0.15, -0.1) is 0 Å². The average molecular weight is 414 g/mol. The molecule has 29 heavy (non-hydrogen) atoms. The summed E-state index contributed by atoms with van der Waals surface area (Å²) >= 11 is 0. The van der Waals surface area contributed by atoms with Gasteiger partial charge in [0.15, 0.2) is 0 Å². The standard InChI is InChI=1S/C20H19FN4O3S/c21-17-5-1-2-6-18(17)25-19-16(4-3-12-23-19)20(26)24-13-11-14-7-9-15(10-8-14)29(22,27)28/h1-10,12H,11,13H2,(H,23,25)(H,24,26)(H2,22,27,28). The molecule has 1 aromatic heterocycles. The van der Waals surface area contributed by atoms with E-state index in [0.717, 1.165) is 5.56 Å². The number of benzene rings is 2. The maximum absolute atomic E-state index is 13.9. The van der Waals surface area contributed by atoms with Crippen LogP contribution in [0, 0.1) is 5.82 Å². The van der Waals surface area contributed by atoms with Gasteiger partial charge in [-0.05, 0) is 48.4 Å². The second-order valence-electron chi connectivity index (χ2n) is 6.20. The van der Waals surface area contributed by atoms with E-state index >= 15 is 0 Å². The molecule has 150 valence electrons. The first-order valence-electron chi connectivity index (χ1n) is 8.71. The maximum Gasteiger partial charge on any atom is 0.255 e. The minimum atomic E-state index is -3.73. The minimum Gasteiger partial charge on any atom is -0.352 e. The highest BCUT2D eigenvalue weighted by Crippen LogP contribution is 2.20. The summed E-state index contributed by atoms with van der Waals surface area (Å²) in [5, 5.41) is 10.7. The maximum atomic E-state index is 13.9. The highest BCUT2D eigenvalue weighted by atomic mass is 32.2. The van der Waals surface area contributed by atoms with E-state index in [2.05, 4.69) is 15.6 Å². The zero-order valence-electron chi connectivity index (χ0n) is 15.3. The quantitative estimate of drug-likeness (QED) is 0.550. The van der Waals surface area contributed by atoms with Crippen LogP contribution in [0.5, 0.6) is 0 Å². The van der Waals surface area contributed by atoms with Crippen molar-refractivity contribution in [2.45, 2.75) is 11.3 Å². The SMILES string of the molecule is NS(=O)(=O)c1ccc(CCNC(=O)c2cccnc2Nc2ccccc2F)cc1. The Hall–Kier alpha value is -3.30. The third kappa shape index (κ3) is 5.37. The second kappa shape index (κ2) is 8.80. The van der Waals surface area contributed by atoms with Gasteiger partial charge in [0.25, 0.3) is 5.91 Å². The third-order valence-corrected chi connectivity index (χ3v) is 5.06. The number of nitrogens with two attached hydrogens (primary N) is 1. The number of halogens is 1. The number of carbonyl (C=O) groups excluding carboxylic acids is 1. The van der Waals surface area contributed by atoms with Gasteiger partial charge in [0.05, 0.1) is 16.1 Å². The predicted molar refractivity (Wildman–Crippen MR) is 108 cm³/mol. The van der Waals surface area contributed by atoms with Crippen LogP contribution in [0.4, 0.5) is 15.9 Å². The van der Waals surface area contributed by atoms with Gasteiger partial charge in [-0.1, -0.05) is 24.3 Å². The molecule has 0 aliphatic rings. The fourth-order valence-electron chi connectivity index (χ4n) is 2.64. The van der Waals surface area contributed by atoms with Crippen LogP contribution in [0.1, 0.15) is 15.9 Å². The Morgan fingerprint density at radius 1 is 1.03 bits per heavy atom. The molecule has 0 radical (unpaired) electrons. The molecule has 0 spiro atoms. The zero-order chi connectivity index (χ0) is 20.9. The molecule has 0 saturated heterocycles. The van der Waals surface area contributed by atoms with Crippen molar-refractivity contribution in [3.63, 3.8) is 0 Å². The summed E-state index contributed by atoms with van der Waals surface area (Å²) in [7, 11) is -3.73. The van der Waals surface area contributed by atoms with Gasteiger partial charge < -0.3 is 10.6 Å². The Kier molecular flexibility index (Phi) is 6.20. The van der Waals surface area contributed by atoms with E-state index in [1.54, 1.807) is 42.5 Å². The van der Waals surface area contributed by atoms with E-state index in [-0.39, 0.29) is 27.9 Å². The van der Waals surface area contributed by atoms with Gasteiger partial charge in [-0.2, -0.15) is 0 Å². The normalized spacial score (nSPS) is 11.1. The van der Waals surface area contributed by atoms with Crippen LogP contribution in [-0.4, -0.2) is 25.9 Å². The average Bonchev–Trinajstić information content (AvgIpc) is 2.70. The van der Waals surface area contributed by atoms with Crippen LogP contribution in [0.25, 0.3) is 0 Å². The molecule has 3 rings (SSSR count). The molecule has 0 fully saturated rings. The van der Waals surface area contributed by atoms with Crippen molar-refractivity contribution in [1.82, 2.24) is 10.3 Å². The van der Waals surface area contributed by atoms with Crippen LogP contribution in [0.2, 0.25) is 0 Å². The Morgan fingerprint density at radius 3 is 2.45 bits per heavy atom. The van der Waals surface area contributed by atoms with E-state index in [4.69, 9.17) is 5.14 Å². The minimum absolute atomic E-state index is 0.0319. The molecule has 3 aromatic rings. The number of primary sulfonamides is 1. The first-order chi connectivity index (χ1) is 13.8. The van der Waals surface area contributed by atoms with E-state index in [1.165, 1.54) is 24.4 Å². The largest absolute Gasteiger partial charge is 0.352 e. The van der Waals surface area contributed by atoms with Crippen molar-refractivity contribution >= 4 is 27.4 Å². The molecular formula is C20H19FN4O3S. The molecule has 7 nitrogen and oxygen atoms in total. The molecule has 0 atom stereocenters. The monoisotopic (exact) mass is 414 g/mol. The summed E-state index contributed by atoms with van der Waals surface area (Å²) in [5.74, 6) is -0.571. The van der Waals surface area contributed by atoms with Crippen LogP contribution >= 0.6 is 0 Å². The Morgan fingerprint density at radius 2 is 1.76 bits per heavy atom. The van der Waals surface area contributed by atoms with Crippen LogP contribution in [-0.2, 0) is 16.4 Å². The number of rotatable bonds is 7. The summed E-state index contributed by atoms with van der Waals surface area (Å²) in [5.41, 5.74) is 1.34. The van der Waals surface area contributed by atoms with Gasteiger partial charge in [-0.3, -0.25) is 4.79 Å². The smallest absolute Gasteiger partial charge is 0.255 e. The highest BCUT2D eigenvalue weighted by Gasteiger charge is 2.13. The van der Waals surface area contributed by atoms with Crippen LogP contribution in [0.15, 0.2) is 71.8 Å². The fourth-order valence-corrected chi connectivity index (χ4v) is 3.16. The van der Waals surface area contributed by atoms with Gasteiger partial charge in [0.1, 0.15) is 11.6 Å². The number of pyridine rings is 1. The van der Waals surface area contributed by atoms with Gasteiger partial charge >= 0.3 is 0 Å². The summed E-state index contributed by atoms with van der Waals surface area (Å²) in [6.07, 6.45) is 2.00. The van der Waals surface area contributed by atoms with Crippen molar-refractivity contribution < 1.29 is 17.6 Å². The molecular weight excluding hydrogens is 395 g/mol. The van der Waals surface area contributed by atoms with E-state index < -0.39 is 15.8 Å². The number of anilines is 2. The van der Waals surface area contributed by atoms with Gasteiger partial charge in [0.2, 0.25) is 10.0 Å². The van der Waals surface area contributed by atoms with Crippen molar-refractivity contribution in [3.8, 4) is 0 Å². The highest BCUT2D eigenvalue weighted by molar-refractivity contribution is 7.89. The van der Waals surface area contributed by atoms with Gasteiger partial charge in [-0.25, -0.2) is 22.9 Å². The number of nitrogens with one attached hydrogen (secondary N) is 2. The van der Waals surface area contributed by atoms with E-state index in [9.17, 15) is 17.6 Å². The number of amides is 1. The molecule has 0 aliphatic heterocycles. The number of hydrogen-bond donors (Lipinski definition) is 3. The Bertz CT molecular complexity index is 1120. The number of hydrogen-bond acceptors (Lipinski definition) is 5. The number of para-hydroxylation sites is 1. The lowest BCUT2D eigenvalue weighted by Crippen LogP contribution is -2.26. The Balaban J connectivity index is 1.63. The van der Waals surface area contributed by atoms with Crippen LogP contribution in [0.3, 0.4) is 0 Å². The van der Waals surface area contributed by atoms with Crippen molar-refractivity contribution in [2.24, 2.45) is 5.14 Å². The van der Waals surface area contributed by atoms with Crippen LogP contribution < -0.4 is 15.8 Å². The first kappa shape index (κ1) is 20.4. The molecule has 0 bridgehead atoms. The van der Waals surface area contributed by atoms with Crippen molar-refractivity contribution in [2.75, 3.05) is 11.9 Å². The summed E-state index contributed by atoms with van der Waals surface area (Å²) in [6, 6.07) is 15.4. The molecule has 0 aliphatic carbocycles. The second-order valence-corrected chi connectivity index (χ2v) is 7.76. The van der Waals surface area contributed by atoms with E-state index in [0.29, 0.717) is 13.0 Å². The number of nitrogens with zero attached hydrogens (tertiary/aromatic N) is 1. The summed E-state index contributed by atoms with van der Waals surface area (Å²) < 4.78 is 36.4. The molecule has 0 saturated carbocycles. The lowest BCUT2D eigenvalue weighted by atomic mass is 10.1. The third-order valence-electron chi connectivity index (χ3n) is 4.13. The lowest BCUT2D eigenvalue weighted by Gasteiger charge is -2.12. The first-order valence-corrected chi connectivity index (χ1v) is 10.3. The van der Waals surface area contributed by atoms with Crippen molar-refractivity contribution in [1.29, 1.82) is 0 Å². The van der Waals surface area contributed by atoms with E-state index in [1.807, 2.05) is 0 Å². The fraction of sp³-hybridized carbons (Fsp3) is 0.100. The molecule has 0 unspecified atom stereocenters.